The van der Waals surface area contributed by atoms with Crippen molar-refractivity contribution in [2.75, 3.05) is 18.1 Å². The number of para-hydroxylation sites is 1. The number of nitrogens with zero attached hydrogens (tertiary/aromatic N) is 1. The summed E-state index contributed by atoms with van der Waals surface area (Å²) in [6, 6.07) is 8.31. The van der Waals surface area contributed by atoms with Crippen molar-refractivity contribution in [3.63, 3.8) is 0 Å². The topological polar surface area (TPSA) is 29.5 Å². The van der Waals surface area contributed by atoms with Crippen molar-refractivity contribution in [1.29, 1.82) is 0 Å². The average molecular weight is 219 g/mol. The van der Waals surface area contributed by atoms with Crippen LogP contribution in [0.4, 0.5) is 5.69 Å². The first-order valence-electron chi connectivity index (χ1n) is 5.71. The first-order chi connectivity index (χ1) is 7.74. The molecule has 1 aromatic rings. The van der Waals surface area contributed by atoms with Crippen LogP contribution in [0.2, 0.25) is 0 Å². The highest BCUT2D eigenvalue weighted by Gasteiger charge is 2.30. The molecule has 1 heterocycles. The number of hydrogen-bond donors (Lipinski definition) is 0. The maximum Gasteiger partial charge on any atom is 0.253 e. The summed E-state index contributed by atoms with van der Waals surface area (Å²) in [6.45, 7) is 4.73. The molecule has 86 valence electrons. The van der Waals surface area contributed by atoms with Gasteiger partial charge >= 0.3 is 0 Å². The number of amides is 1. The Kier molecular flexibility index (Phi) is 3.25. The van der Waals surface area contributed by atoms with Crippen LogP contribution in [-0.4, -0.2) is 25.2 Å². The van der Waals surface area contributed by atoms with Crippen LogP contribution in [0, 0.1) is 0 Å². The normalized spacial score (nSPS) is 18.6. The molecule has 0 aromatic heterocycles. The largest absolute Gasteiger partial charge is 0.372 e. The highest BCUT2D eigenvalue weighted by atomic mass is 16.5. The number of benzene rings is 1. The minimum Gasteiger partial charge on any atom is -0.372 e. The van der Waals surface area contributed by atoms with E-state index in [1.165, 1.54) is 5.56 Å². The fourth-order valence-electron chi connectivity index (χ4n) is 2.20. The van der Waals surface area contributed by atoms with Crippen LogP contribution >= 0.6 is 0 Å². The quantitative estimate of drug-likeness (QED) is 0.778. The Bertz CT molecular complexity index is 389. The molecule has 0 aliphatic carbocycles. The van der Waals surface area contributed by atoms with Gasteiger partial charge in [0.2, 0.25) is 0 Å². The molecule has 16 heavy (non-hydrogen) atoms. The standard InChI is InChI=1S/C13H17NO2/c1-3-16-9-13(15)14-10(2)8-11-6-4-5-7-12(11)14/h4-7,10H,3,8-9H2,1-2H3/t10-/m0/s1. The van der Waals surface area contributed by atoms with Crippen molar-refractivity contribution in [3.8, 4) is 0 Å². The van der Waals surface area contributed by atoms with Gasteiger partial charge in [-0.05, 0) is 31.9 Å². The second-order valence-corrected chi connectivity index (χ2v) is 4.08. The lowest BCUT2D eigenvalue weighted by molar-refractivity contribution is -0.123. The van der Waals surface area contributed by atoms with Gasteiger partial charge in [0.1, 0.15) is 6.61 Å². The highest BCUT2D eigenvalue weighted by Crippen LogP contribution is 2.31. The van der Waals surface area contributed by atoms with E-state index in [4.69, 9.17) is 4.74 Å². The van der Waals surface area contributed by atoms with E-state index in [-0.39, 0.29) is 18.6 Å². The average Bonchev–Trinajstić information content (AvgIpc) is 2.62. The van der Waals surface area contributed by atoms with E-state index in [0.29, 0.717) is 6.61 Å². The molecule has 0 radical (unpaired) electrons. The lowest BCUT2D eigenvalue weighted by atomic mass is 10.1. The zero-order chi connectivity index (χ0) is 11.5. The molecular weight excluding hydrogens is 202 g/mol. The molecule has 3 nitrogen and oxygen atoms in total. The smallest absolute Gasteiger partial charge is 0.253 e. The molecule has 2 rings (SSSR count). The lowest BCUT2D eigenvalue weighted by Crippen LogP contribution is -2.38. The van der Waals surface area contributed by atoms with Crippen molar-refractivity contribution in [3.05, 3.63) is 29.8 Å². The van der Waals surface area contributed by atoms with Gasteiger partial charge in [0, 0.05) is 18.3 Å². The third-order valence-corrected chi connectivity index (χ3v) is 2.91. The fourth-order valence-corrected chi connectivity index (χ4v) is 2.20. The Morgan fingerprint density at radius 3 is 3.00 bits per heavy atom. The maximum atomic E-state index is 12.0. The number of carbonyl (C=O) groups excluding carboxylic acids is 1. The zero-order valence-corrected chi connectivity index (χ0v) is 9.77. The van der Waals surface area contributed by atoms with Gasteiger partial charge in [-0.3, -0.25) is 4.79 Å². The number of carbonyl (C=O) groups is 1. The number of ether oxygens (including phenoxy) is 1. The van der Waals surface area contributed by atoms with Gasteiger partial charge in [0.15, 0.2) is 0 Å². The predicted octanol–water partition coefficient (Wildman–Crippen LogP) is 2.00. The summed E-state index contributed by atoms with van der Waals surface area (Å²) in [4.78, 5) is 13.8. The van der Waals surface area contributed by atoms with Gasteiger partial charge in [0.25, 0.3) is 5.91 Å². The molecule has 1 aromatic carbocycles. The first-order valence-corrected chi connectivity index (χ1v) is 5.71. The molecule has 0 saturated carbocycles. The Morgan fingerprint density at radius 2 is 2.25 bits per heavy atom. The molecule has 1 amide bonds. The molecular formula is C13H17NO2. The van der Waals surface area contributed by atoms with E-state index >= 15 is 0 Å². The third-order valence-electron chi connectivity index (χ3n) is 2.91. The zero-order valence-electron chi connectivity index (χ0n) is 9.77. The van der Waals surface area contributed by atoms with Crippen molar-refractivity contribution in [2.24, 2.45) is 0 Å². The van der Waals surface area contributed by atoms with E-state index < -0.39 is 0 Å². The van der Waals surface area contributed by atoms with Gasteiger partial charge in [0.05, 0.1) is 0 Å². The van der Waals surface area contributed by atoms with Crippen LogP contribution in [0.15, 0.2) is 24.3 Å². The molecule has 3 heteroatoms. The van der Waals surface area contributed by atoms with Crippen LogP contribution in [0.3, 0.4) is 0 Å². The Balaban J connectivity index is 2.18. The lowest BCUT2D eigenvalue weighted by Gasteiger charge is -2.22. The monoisotopic (exact) mass is 219 g/mol. The highest BCUT2D eigenvalue weighted by molar-refractivity contribution is 5.97. The van der Waals surface area contributed by atoms with Gasteiger partial charge in [-0.1, -0.05) is 18.2 Å². The van der Waals surface area contributed by atoms with E-state index in [2.05, 4.69) is 13.0 Å². The van der Waals surface area contributed by atoms with E-state index in [9.17, 15) is 4.79 Å². The summed E-state index contributed by atoms with van der Waals surface area (Å²) < 4.78 is 5.18. The fraction of sp³-hybridized carbons (Fsp3) is 0.462. The molecule has 0 saturated heterocycles. The minimum absolute atomic E-state index is 0.0549. The van der Waals surface area contributed by atoms with Gasteiger partial charge < -0.3 is 9.64 Å². The summed E-state index contributed by atoms with van der Waals surface area (Å²) in [5.74, 6) is 0.0549. The SMILES string of the molecule is CCOCC(=O)N1c2ccccc2C[C@@H]1C. The van der Waals surface area contributed by atoms with Crippen LogP contribution < -0.4 is 4.90 Å². The first kappa shape index (κ1) is 11.1. The Morgan fingerprint density at radius 1 is 1.50 bits per heavy atom. The molecule has 0 spiro atoms. The van der Waals surface area contributed by atoms with Gasteiger partial charge in [-0.15, -0.1) is 0 Å². The van der Waals surface area contributed by atoms with Gasteiger partial charge in [-0.2, -0.15) is 0 Å². The maximum absolute atomic E-state index is 12.0. The molecule has 0 N–H and O–H groups in total. The molecule has 0 fully saturated rings. The second-order valence-electron chi connectivity index (χ2n) is 4.08. The third kappa shape index (κ3) is 1.95. The molecule has 1 atom stereocenters. The summed E-state index contributed by atoms with van der Waals surface area (Å²) >= 11 is 0. The molecule has 0 unspecified atom stereocenters. The number of anilines is 1. The number of hydrogen-bond acceptors (Lipinski definition) is 2. The van der Waals surface area contributed by atoms with E-state index in [0.717, 1.165) is 12.1 Å². The number of rotatable bonds is 3. The molecule has 1 aliphatic rings. The summed E-state index contributed by atoms with van der Waals surface area (Å²) in [5, 5.41) is 0. The van der Waals surface area contributed by atoms with Crippen molar-refractivity contribution < 1.29 is 9.53 Å². The molecule has 0 bridgehead atoms. The summed E-state index contributed by atoms with van der Waals surface area (Å²) in [5.41, 5.74) is 2.29. The Hall–Kier alpha value is -1.35. The van der Waals surface area contributed by atoms with Crippen LogP contribution in [0.25, 0.3) is 0 Å². The van der Waals surface area contributed by atoms with Crippen molar-refractivity contribution in [1.82, 2.24) is 0 Å². The van der Waals surface area contributed by atoms with Crippen LogP contribution in [0.5, 0.6) is 0 Å². The van der Waals surface area contributed by atoms with Crippen molar-refractivity contribution in [2.45, 2.75) is 26.3 Å². The van der Waals surface area contributed by atoms with Crippen LogP contribution in [0.1, 0.15) is 19.4 Å². The minimum atomic E-state index is 0.0549. The van der Waals surface area contributed by atoms with Crippen LogP contribution in [-0.2, 0) is 16.0 Å². The summed E-state index contributed by atoms with van der Waals surface area (Å²) in [6.07, 6.45) is 0.939. The van der Waals surface area contributed by atoms with E-state index in [1.54, 1.807) is 0 Å². The van der Waals surface area contributed by atoms with Crippen molar-refractivity contribution >= 4 is 11.6 Å². The second kappa shape index (κ2) is 4.66. The summed E-state index contributed by atoms with van der Waals surface area (Å²) in [7, 11) is 0. The van der Waals surface area contributed by atoms with Gasteiger partial charge in [-0.25, -0.2) is 0 Å². The molecule has 1 aliphatic heterocycles. The van der Waals surface area contributed by atoms with E-state index in [1.807, 2.05) is 30.0 Å². The Labute approximate surface area is 96.0 Å². The predicted molar refractivity (Wildman–Crippen MR) is 63.6 cm³/mol. The number of fused-ring (bicyclic) bond motifs is 1.